The molecule has 1 spiro atoms. The lowest BCUT2D eigenvalue weighted by Crippen LogP contribution is -2.50. The number of amides is 2. The van der Waals surface area contributed by atoms with E-state index in [-0.39, 0.29) is 11.8 Å². The zero-order chi connectivity index (χ0) is 20.1. The van der Waals surface area contributed by atoms with E-state index in [1.54, 1.807) is 24.5 Å². The number of aromatic nitrogens is 1. The normalized spacial score (nSPS) is 20.8. The third kappa shape index (κ3) is 4.62. The molecular weight excluding hydrogens is 368 g/mol. The molecule has 1 aromatic heterocycles. The van der Waals surface area contributed by atoms with E-state index in [1.807, 2.05) is 35.2 Å². The lowest BCUT2D eigenvalue weighted by atomic mass is 9.87. The summed E-state index contributed by atoms with van der Waals surface area (Å²) in [5.74, 6) is -0.174. The summed E-state index contributed by atoms with van der Waals surface area (Å²) in [5, 5.41) is 6.83. The summed E-state index contributed by atoms with van der Waals surface area (Å²) in [6, 6.07) is 13.5. The molecule has 7 nitrogen and oxygen atoms in total. The molecule has 0 saturated carbocycles. The van der Waals surface area contributed by atoms with Crippen molar-refractivity contribution in [3.05, 3.63) is 60.4 Å². The van der Waals surface area contributed by atoms with Gasteiger partial charge in [-0.2, -0.15) is 0 Å². The molecule has 1 saturated heterocycles. The summed E-state index contributed by atoms with van der Waals surface area (Å²) in [5.41, 5.74) is 1.53. The first-order chi connectivity index (χ1) is 14.1. The summed E-state index contributed by atoms with van der Waals surface area (Å²) < 4.78 is 0. The van der Waals surface area contributed by atoms with Crippen LogP contribution in [0.5, 0.6) is 0 Å². The quantitative estimate of drug-likeness (QED) is 0.848. The lowest BCUT2D eigenvalue weighted by Gasteiger charge is -2.38. The fraction of sp³-hybridized carbons (Fsp3) is 0.364. The molecule has 0 aliphatic carbocycles. The summed E-state index contributed by atoms with van der Waals surface area (Å²) >= 11 is 0. The van der Waals surface area contributed by atoms with Gasteiger partial charge < -0.3 is 15.1 Å². The van der Waals surface area contributed by atoms with Gasteiger partial charge in [-0.1, -0.05) is 35.5 Å². The van der Waals surface area contributed by atoms with E-state index >= 15 is 0 Å². The zero-order valence-corrected chi connectivity index (χ0v) is 16.2. The van der Waals surface area contributed by atoms with Crippen molar-refractivity contribution in [1.82, 2.24) is 9.88 Å². The van der Waals surface area contributed by atoms with Gasteiger partial charge in [0, 0.05) is 25.6 Å². The fourth-order valence-electron chi connectivity index (χ4n) is 3.87. The van der Waals surface area contributed by atoms with Crippen LogP contribution in [-0.2, 0) is 20.8 Å². The van der Waals surface area contributed by atoms with Gasteiger partial charge in [-0.05, 0) is 37.0 Å². The zero-order valence-electron chi connectivity index (χ0n) is 16.2. The van der Waals surface area contributed by atoms with E-state index in [4.69, 9.17) is 4.84 Å². The number of aryl methyl sites for hydroxylation is 1. The molecule has 0 bridgehead atoms. The SMILES string of the molecule is O=C(Nc1cccnc1)C1=NO[C@]2(CCCN(C(=O)CCc3ccccc3)C2)C1. The van der Waals surface area contributed by atoms with Crippen molar-refractivity contribution in [1.29, 1.82) is 0 Å². The Bertz CT molecular complexity index is 901. The summed E-state index contributed by atoms with van der Waals surface area (Å²) in [7, 11) is 0. The van der Waals surface area contributed by atoms with Crippen molar-refractivity contribution in [3.63, 3.8) is 0 Å². The number of pyridine rings is 1. The second-order valence-corrected chi connectivity index (χ2v) is 7.59. The van der Waals surface area contributed by atoms with Gasteiger partial charge in [-0.3, -0.25) is 14.6 Å². The highest BCUT2D eigenvalue weighted by molar-refractivity contribution is 6.43. The van der Waals surface area contributed by atoms with Crippen LogP contribution in [0.15, 0.2) is 60.0 Å². The van der Waals surface area contributed by atoms with Gasteiger partial charge >= 0.3 is 0 Å². The van der Waals surface area contributed by atoms with Gasteiger partial charge in [0.1, 0.15) is 5.71 Å². The number of piperidine rings is 1. The van der Waals surface area contributed by atoms with Crippen LogP contribution in [0.3, 0.4) is 0 Å². The molecule has 2 aromatic rings. The van der Waals surface area contributed by atoms with Crippen LogP contribution in [0.2, 0.25) is 0 Å². The highest BCUT2D eigenvalue weighted by Gasteiger charge is 2.45. The van der Waals surface area contributed by atoms with Crippen molar-refractivity contribution >= 4 is 23.2 Å². The molecule has 2 amide bonds. The lowest BCUT2D eigenvalue weighted by molar-refractivity contribution is -0.140. The van der Waals surface area contributed by atoms with Crippen LogP contribution in [0.4, 0.5) is 5.69 Å². The largest absolute Gasteiger partial charge is 0.386 e. The first-order valence-electron chi connectivity index (χ1n) is 9.92. The number of anilines is 1. The molecule has 7 heteroatoms. The van der Waals surface area contributed by atoms with Gasteiger partial charge in [-0.25, -0.2) is 0 Å². The number of benzene rings is 1. The molecule has 2 aliphatic heterocycles. The van der Waals surface area contributed by atoms with Crippen LogP contribution in [0, 0.1) is 0 Å². The number of carbonyl (C=O) groups is 2. The Hall–Kier alpha value is -3.22. The Balaban J connectivity index is 1.32. The molecule has 29 heavy (non-hydrogen) atoms. The Kier molecular flexibility index (Phi) is 5.55. The predicted molar refractivity (Wildman–Crippen MR) is 109 cm³/mol. The second kappa shape index (κ2) is 8.43. The van der Waals surface area contributed by atoms with E-state index in [0.717, 1.165) is 31.4 Å². The van der Waals surface area contributed by atoms with Crippen molar-refractivity contribution in [2.75, 3.05) is 18.4 Å². The predicted octanol–water partition coefficient (Wildman–Crippen LogP) is 2.79. The summed E-state index contributed by atoms with van der Waals surface area (Å²) in [4.78, 5) is 36.8. The maximum atomic E-state index is 12.7. The molecule has 1 fully saturated rings. The molecule has 4 rings (SSSR count). The van der Waals surface area contributed by atoms with Gasteiger partial charge in [0.15, 0.2) is 5.60 Å². The smallest absolute Gasteiger partial charge is 0.273 e. The third-order valence-corrected chi connectivity index (χ3v) is 5.38. The molecule has 1 N–H and O–H groups in total. The first kappa shape index (κ1) is 19.1. The minimum atomic E-state index is -0.595. The number of oxime groups is 1. The molecule has 3 heterocycles. The minimum Gasteiger partial charge on any atom is -0.386 e. The van der Waals surface area contributed by atoms with Crippen LogP contribution in [0.1, 0.15) is 31.2 Å². The maximum Gasteiger partial charge on any atom is 0.273 e. The van der Waals surface area contributed by atoms with Crippen LogP contribution >= 0.6 is 0 Å². The van der Waals surface area contributed by atoms with E-state index in [2.05, 4.69) is 15.5 Å². The summed E-state index contributed by atoms with van der Waals surface area (Å²) in [6.07, 6.45) is 6.44. The van der Waals surface area contributed by atoms with Gasteiger partial charge in [0.05, 0.1) is 18.4 Å². The highest BCUT2D eigenvalue weighted by atomic mass is 16.7. The Morgan fingerprint density at radius 2 is 2.03 bits per heavy atom. The van der Waals surface area contributed by atoms with Crippen LogP contribution < -0.4 is 5.32 Å². The summed E-state index contributed by atoms with van der Waals surface area (Å²) in [6.45, 7) is 1.18. The maximum absolute atomic E-state index is 12.7. The third-order valence-electron chi connectivity index (χ3n) is 5.38. The van der Waals surface area contributed by atoms with Crippen molar-refractivity contribution in [3.8, 4) is 0 Å². The minimum absolute atomic E-state index is 0.116. The average Bonchev–Trinajstić information content (AvgIpc) is 3.16. The number of hydrogen-bond donors (Lipinski definition) is 1. The van der Waals surface area contributed by atoms with Crippen LogP contribution in [-0.4, -0.2) is 46.1 Å². The van der Waals surface area contributed by atoms with Crippen LogP contribution in [0.25, 0.3) is 0 Å². The number of nitrogens with one attached hydrogen (secondary N) is 1. The molecule has 0 unspecified atom stereocenters. The number of hydrogen-bond acceptors (Lipinski definition) is 5. The Morgan fingerprint density at radius 1 is 1.17 bits per heavy atom. The molecule has 1 aromatic carbocycles. The van der Waals surface area contributed by atoms with E-state index in [9.17, 15) is 9.59 Å². The second-order valence-electron chi connectivity index (χ2n) is 7.59. The number of nitrogens with zero attached hydrogens (tertiary/aromatic N) is 3. The standard InChI is InChI=1S/C22H24N4O3/c27-20(10-9-17-6-2-1-3-7-17)26-13-5-11-22(16-26)14-19(25-29-22)21(28)24-18-8-4-12-23-15-18/h1-4,6-8,12,15H,5,9-11,13-14,16H2,(H,24,28)/t22-/m1/s1. The van der Waals surface area contributed by atoms with Gasteiger partial charge in [0.25, 0.3) is 5.91 Å². The molecule has 2 aliphatic rings. The monoisotopic (exact) mass is 392 g/mol. The molecule has 150 valence electrons. The van der Waals surface area contributed by atoms with E-state index < -0.39 is 5.60 Å². The van der Waals surface area contributed by atoms with Crippen molar-refractivity contribution in [2.45, 2.75) is 37.7 Å². The van der Waals surface area contributed by atoms with Gasteiger partial charge in [0.2, 0.25) is 5.91 Å². The van der Waals surface area contributed by atoms with E-state index in [0.29, 0.717) is 30.8 Å². The number of rotatable bonds is 5. The molecular formula is C22H24N4O3. The average molecular weight is 392 g/mol. The first-order valence-corrected chi connectivity index (χ1v) is 9.92. The van der Waals surface area contributed by atoms with Crippen molar-refractivity contribution < 1.29 is 14.4 Å². The Labute approximate surface area is 169 Å². The molecule has 0 radical (unpaired) electrons. The van der Waals surface area contributed by atoms with Gasteiger partial charge in [-0.15, -0.1) is 0 Å². The number of carbonyl (C=O) groups excluding carboxylic acids is 2. The Morgan fingerprint density at radius 3 is 2.83 bits per heavy atom. The van der Waals surface area contributed by atoms with Crippen molar-refractivity contribution in [2.24, 2.45) is 5.16 Å². The topological polar surface area (TPSA) is 83.9 Å². The molecule has 1 atom stereocenters. The van der Waals surface area contributed by atoms with E-state index in [1.165, 1.54) is 0 Å². The highest BCUT2D eigenvalue weighted by Crippen LogP contribution is 2.34. The number of likely N-dealkylation sites (tertiary alicyclic amines) is 1. The fourth-order valence-corrected chi connectivity index (χ4v) is 3.87.